The van der Waals surface area contributed by atoms with Crippen LogP contribution in [0.25, 0.3) is 11.1 Å². The highest BCUT2D eigenvalue weighted by Crippen LogP contribution is 2.31. The largest absolute Gasteiger partial charge is 0.472 e. The van der Waals surface area contributed by atoms with E-state index in [0.717, 1.165) is 55.7 Å². The third-order valence-corrected chi connectivity index (χ3v) is 6.32. The van der Waals surface area contributed by atoms with Crippen molar-refractivity contribution in [3.8, 4) is 17.0 Å². The zero-order chi connectivity index (χ0) is 22.6. The highest BCUT2D eigenvalue weighted by atomic mass is 16.5. The molecule has 1 saturated heterocycles. The molecule has 0 bridgehead atoms. The summed E-state index contributed by atoms with van der Waals surface area (Å²) in [5.74, 6) is 1.17. The number of nitrogens with one attached hydrogen (secondary N) is 1. The molecule has 170 valence electrons. The Morgan fingerprint density at radius 1 is 1.09 bits per heavy atom. The third kappa shape index (κ3) is 5.03. The zero-order valence-corrected chi connectivity index (χ0v) is 18.8. The summed E-state index contributed by atoms with van der Waals surface area (Å²) in [6, 6.07) is 9.96. The number of hydrogen-bond donors (Lipinski definition) is 1. The van der Waals surface area contributed by atoms with Crippen LogP contribution in [0.5, 0.6) is 5.88 Å². The Hall–Kier alpha value is -3.32. The van der Waals surface area contributed by atoms with Crippen LogP contribution in [-0.2, 0) is 17.6 Å². The number of pyridine rings is 1. The van der Waals surface area contributed by atoms with E-state index in [0.29, 0.717) is 18.1 Å². The molecular formula is C26H28N4O3. The molecule has 7 heteroatoms. The van der Waals surface area contributed by atoms with Gasteiger partial charge in [-0.25, -0.2) is 15.0 Å². The Balaban J connectivity index is 1.25. The number of fused-ring (bicyclic) bond motifs is 1. The second-order valence-electron chi connectivity index (χ2n) is 8.72. The summed E-state index contributed by atoms with van der Waals surface area (Å²) in [5.41, 5.74) is 5.27. The van der Waals surface area contributed by atoms with Crippen LogP contribution in [-0.4, -0.2) is 46.2 Å². The van der Waals surface area contributed by atoms with Crippen molar-refractivity contribution in [2.24, 2.45) is 0 Å². The Kier molecular flexibility index (Phi) is 6.30. The van der Waals surface area contributed by atoms with Crippen molar-refractivity contribution >= 4 is 5.91 Å². The number of aromatic nitrogens is 3. The highest BCUT2D eigenvalue weighted by molar-refractivity contribution is 5.94. The summed E-state index contributed by atoms with van der Waals surface area (Å²) >= 11 is 0. The fourth-order valence-electron chi connectivity index (χ4n) is 4.54. The minimum absolute atomic E-state index is 0.0290. The minimum atomic E-state index is -0.111. The second-order valence-corrected chi connectivity index (χ2v) is 8.72. The van der Waals surface area contributed by atoms with Gasteiger partial charge in [0.05, 0.1) is 12.2 Å². The molecular weight excluding hydrogens is 416 g/mol. The van der Waals surface area contributed by atoms with Gasteiger partial charge in [-0.15, -0.1) is 0 Å². The summed E-state index contributed by atoms with van der Waals surface area (Å²) in [5, 5.41) is 3.19. The topological polar surface area (TPSA) is 86.2 Å². The molecule has 2 aromatic heterocycles. The molecule has 7 nitrogen and oxygen atoms in total. The number of nitrogens with zero attached hydrogens (tertiary/aromatic N) is 3. The molecule has 1 amide bonds. The quantitative estimate of drug-likeness (QED) is 0.646. The third-order valence-electron chi connectivity index (χ3n) is 6.32. The first-order valence-electron chi connectivity index (χ1n) is 11.6. The van der Waals surface area contributed by atoms with Gasteiger partial charge in [0.15, 0.2) is 0 Å². The van der Waals surface area contributed by atoms with Crippen molar-refractivity contribution in [3.63, 3.8) is 0 Å². The van der Waals surface area contributed by atoms with E-state index >= 15 is 0 Å². The van der Waals surface area contributed by atoms with Gasteiger partial charge in [-0.2, -0.15) is 0 Å². The van der Waals surface area contributed by atoms with E-state index < -0.39 is 0 Å². The van der Waals surface area contributed by atoms with E-state index in [9.17, 15) is 4.79 Å². The van der Waals surface area contributed by atoms with Gasteiger partial charge >= 0.3 is 0 Å². The van der Waals surface area contributed by atoms with Gasteiger partial charge in [-0.1, -0.05) is 18.2 Å². The summed E-state index contributed by atoms with van der Waals surface area (Å²) in [4.78, 5) is 25.9. The van der Waals surface area contributed by atoms with Gasteiger partial charge in [0.25, 0.3) is 5.91 Å². The molecule has 1 fully saturated rings. The molecule has 1 aliphatic heterocycles. The zero-order valence-electron chi connectivity index (χ0n) is 18.8. The lowest BCUT2D eigenvalue weighted by Gasteiger charge is -2.27. The lowest BCUT2D eigenvalue weighted by Crippen LogP contribution is -2.39. The molecule has 1 aliphatic carbocycles. The van der Waals surface area contributed by atoms with Crippen molar-refractivity contribution in [1.29, 1.82) is 0 Å². The Bertz CT molecular complexity index is 1110. The second kappa shape index (κ2) is 9.67. The number of carbonyl (C=O) groups excluding carboxylic acids is 1. The first-order chi connectivity index (χ1) is 16.2. The minimum Gasteiger partial charge on any atom is -0.472 e. The fourth-order valence-corrected chi connectivity index (χ4v) is 4.54. The van der Waals surface area contributed by atoms with Gasteiger partial charge in [0.1, 0.15) is 11.9 Å². The van der Waals surface area contributed by atoms with Crippen molar-refractivity contribution in [1.82, 2.24) is 20.3 Å². The van der Waals surface area contributed by atoms with Crippen LogP contribution in [0.15, 0.2) is 48.9 Å². The van der Waals surface area contributed by atoms with Gasteiger partial charge in [0.2, 0.25) is 5.88 Å². The molecule has 5 rings (SSSR count). The van der Waals surface area contributed by atoms with Crippen LogP contribution in [0.3, 0.4) is 0 Å². The Morgan fingerprint density at radius 2 is 1.97 bits per heavy atom. The number of aryl methyl sites for hydroxylation is 2. The maximum absolute atomic E-state index is 12.9. The molecule has 2 atom stereocenters. The molecule has 3 aromatic rings. The molecule has 0 spiro atoms. The molecule has 2 aliphatic rings. The van der Waals surface area contributed by atoms with Crippen LogP contribution in [0.4, 0.5) is 0 Å². The van der Waals surface area contributed by atoms with Crippen molar-refractivity contribution < 1.29 is 14.3 Å². The van der Waals surface area contributed by atoms with E-state index in [-0.39, 0.29) is 18.1 Å². The normalized spacial score (nSPS) is 20.0. The first kappa shape index (κ1) is 21.5. The SMILES string of the molecule is Cc1ncc(-c2cccc3c2C[C@H](NC(=O)c2ccc(OC4CCCOC4)nc2)CC3)cn1. The monoisotopic (exact) mass is 444 g/mol. The summed E-state index contributed by atoms with van der Waals surface area (Å²) < 4.78 is 11.3. The van der Waals surface area contributed by atoms with Crippen LogP contribution in [0.2, 0.25) is 0 Å². The highest BCUT2D eigenvalue weighted by Gasteiger charge is 2.24. The van der Waals surface area contributed by atoms with E-state index in [1.165, 1.54) is 11.1 Å². The van der Waals surface area contributed by atoms with Crippen LogP contribution >= 0.6 is 0 Å². The van der Waals surface area contributed by atoms with E-state index in [1.807, 2.05) is 19.3 Å². The van der Waals surface area contributed by atoms with Gasteiger partial charge in [-0.05, 0) is 61.8 Å². The Labute approximate surface area is 193 Å². The number of carbonyl (C=O) groups is 1. The molecule has 0 radical (unpaired) electrons. The van der Waals surface area contributed by atoms with Gasteiger partial charge in [0, 0.05) is 42.9 Å². The van der Waals surface area contributed by atoms with Crippen LogP contribution < -0.4 is 10.1 Å². The number of hydrogen-bond acceptors (Lipinski definition) is 6. The number of ether oxygens (including phenoxy) is 2. The predicted octanol–water partition coefficient (Wildman–Crippen LogP) is 3.69. The standard InChI is InChI=1S/C26H28N4O3/c1-17-27-14-20(15-28-17)23-6-2-4-18-7-9-21(12-24(18)23)30-26(31)19-8-10-25(29-13-19)33-22-5-3-11-32-16-22/h2,4,6,8,10,13-15,21-22H,3,5,7,9,11-12,16H2,1H3,(H,30,31)/t21-,22?/m1/s1. The molecule has 1 aromatic carbocycles. The van der Waals surface area contributed by atoms with Crippen LogP contribution in [0, 0.1) is 6.92 Å². The number of amides is 1. The summed E-state index contributed by atoms with van der Waals surface area (Å²) in [6.45, 7) is 3.26. The smallest absolute Gasteiger partial charge is 0.253 e. The predicted molar refractivity (Wildman–Crippen MR) is 124 cm³/mol. The van der Waals surface area contributed by atoms with E-state index in [4.69, 9.17) is 9.47 Å². The lowest BCUT2D eigenvalue weighted by atomic mass is 9.84. The molecule has 0 saturated carbocycles. The van der Waals surface area contributed by atoms with Gasteiger partial charge < -0.3 is 14.8 Å². The fraction of sp³-hybridized carbons (Fsp3) is 0.385. The maximum atomic E-state index is 12.9. The molecule has 3 heterocycles. The molecule has 33 heavy (non-hydrogen) atoms. The number of rotatable bonds is 5. The summed E-state index contributed by atoms with van der Waals surface area (Å²) in [6.07, 6.45) is 9.92. The summed E-state index contributed by atoms with van der Waals surface area (Å²) in [7, 11) is 0. The number of benzene rings is 1. The molecule has 1 unspecified atom stereocenters. The first-order valence-corrected chi connectivity index (χ1v) is 11.6. The van der Waals surface area contributed by atoms with Gasteiger partial charge in [-0.3, -0.25) is 4.79 Å². The van der Waals surface area contributed by atoms with Crippen molar-refractivity contribution in [3.05, 3.63) is 71.4 Å². The molecule has 1 N–H and O–H groups in total. The van der Waals surface area contributed by atoms with E-state index in [1.54, 1.807) is 18.3 Å². The average molecular weight is 445 g/mol. The van der Waals surface area contributed by atoms with Crippen LogP contribution in [0.1, 0.15) is 46.6 Å². The maximum Gasteiger partial charge on any atom is 0.253 e. The average Bonchev–Trinajstić information content (AvgIpc) is 2.85. The van der Waals surface area contributed by atoms with E-state index in [2.05, 4.69) is 38.5 Å². The van der Waals surface area contributed by atoms with Crippen molar-refractivity contribution in [2.45, 2.75) is 51.2 Å². The Morgan fingerprint density at radius 3 is 2.73 bits per heavy atom. The lowest BCUT2D eigenvalue weighted by molar-refractivity contribution is 0.00549. The van der Waals surface area contributed by atoms with Crippen molar-refractivity contribution in [2.75, 3.05) is 13.2 Å².